The van der Waals surface area contributed by atoms with Crippen molar-refractivity contribution in [2.45, 2.75) is 31.2 Å². The molecule has 19 heavy (non-hydrogen) atoms. The van der Waals surface area contributed by atoms with Crippen molar-refractivity contribution < 1.29 is 0 Å². The molecule has 0 atom stereocenters. The molecule has 0 radical (unpaired) electrons. The monoisotopic (exact) mass is 291 g/mol. The van der Waals surface area contributed by atoms with Gasteiger partial charge in [0.05, 0.1) is 0 Å². The summed E-state index contributed by atoms with van der Waals surface area (Å²) < 4.78 is 0. The van der Waals surface area contributed by atoms with Crippen LogP contribution in [-0.4, -0.2) is 12.6 Å². The van der Waals surface area contributed by atoms with Gasteiger partial charge in [0.1, 0.15) is 0 Å². The van der Waals surface area contributed by atoms with Crippen LogP contribution in [0.4, 0.5) is 0 Å². The minimum atomic E-state index is 0.646. The quantitative estimate of drug-likeness (QED) is 0.856. The molecule has 0 bridgehead atoms. The van der Waals surface area contributed by atoms with Gasteiger partial charge in [-0.25, -0.2) is 0 Å². The van der Waals surface area contributed by atoms with Gasteiger partial charge in [0, 0.05) is 11.1 Å². The lowest BCUT2D eigenvalue weighted by Crippen LogP contribution is -2.41. The molecule has 0 aliphatic heterocycles. The van der Waals surface area contributed by atoms with E-state index in [9.17, 15) is 0 Å². The summed E-state index contributed by atoms with van der Waals surface area (Å²) in [6, 6.07) is 11.1. The summed E-state index contributed by atoms with van der Waals surface area (Å²) >= 11 is 8.01. The molecule has 1 fully saturated rings. The highest BCUT2D eigenvalue weighted by atomic mass is 35.5. The molecule has 2 aromatic rings. The van der Waals surface area contributed by atoms with Gasteiger partial charge in [0.2, 0.25) is 0 Å². The third-order valence-electron chi connectivity index (χ3n) is 3.91. The maximum Gasteiger partial charge on any atom is 0.0440 e. The highest BCUT2D eigenvalue weighted by Gasteiger charge is 2.30. The first kappa shape index (κ1) is 13.2. The van der Waals surface area contributed by atoms with Crippen LogP contribution >= 0.6 is 22.9 Å². The number of thiophene rings is 1. The Labute approximate surface area is 123 Å². The van der Waals surface area contributed by atoms with Gasteiger partial charge in [-0.05, 0) is 65.7 Å². The summed E-state index contributed by atoms with van der Waals surface area (Å²) in [7, 11) is 0. The van der Waals surface area contributed by atoms with E-state index < -0.39 is 0 Å². The van der Waals surface area contributed by atoms with Crippen LogP contribution in [0.25, 0.3) is 0 Å². The van der Waals surface area contributed by atoms with Gasteiger partial charge in [-0.3, -0.25) is 0 Å². The van der Waals surface area contributed by atoms with Crippen molar-refractivity contribution in [1.82, 2.24) is 5.32 Å². The molecule has 0 saturated heterocycles. The molecule has 1 aromatic carbocycles. The summed E-state index contributed by atoms with van der Waals surface area (Å²) in [6.45, 7) is 1.08. The van der Waals surface area contributed by atoms with Gasteiger partial charge in [0.15, 0.2) is 0 Å². The lowest BCUT2D eigenvalue weighted by molar-refractivity contribution is 0.293. The minimum absolute atomic E-state index is 0.646. The number of hydrogen-bond donors (Lipinski definition) is 1. The number of halogens is 1. The van der Waals surface area contributed by atoms with E-state index in [0.717, 1.165) is 18.0 Å². The van der Waals surface area contributed by atoms with Crippen molar-refractivity contribution in [3.63, 3.8) is 0 Å². The third kappa shape index (κ3) is 3.19. The Morgan fingerprint density at radius 2 is 2.05 bits per heavy atom. The Kier molecular flexibility index (Phi) is 4.21. The molecular weight excluding hydrogens is 274 g/mol. The maximum atomic E-state index is 6.23. The van der Waals surface area contributed by atoms with E-state index in [0.29, 0.717) is 12.0 Å². The molecule has 1 aliphatic rings. The normalized spacial score (nSPS) is 22.2. The van der Waals surface area contributed by atoms with Gasteiger partial charge in [-0.15, -0.1) is 0 Å². The molecule has 1 aliphatic carbocycles. The van der Waals surface area contributed by atoms with E-state index >= 15 is 0 Å². The second-order valence-corrected chi connectivity index (χ2v) is 6.41. The van der Waals surface area contributed by atoms with Crippen molar-refractivity contribution >= 4 is 22.9 Å². The first-order chi connectivity index (χ1) is 9.33. The number of benzene rings is 1. The number of nitrogens with one attached hydrogen (secondary N) is 1. The number of rotatable bonds is 5. The van der Waals surface area contributed by atoms with E-state index in [-0.39, 0.29) is 0 Å². The summed E-state index contributed by atoms with van der Waals surface area (Å²) in [5.74, 6) is 0.646. The predicted octanol–water partition coefficient (Wildman–Crippen LogP) is 4.48. The Balaban J connectivity index is 1.42. The van der Waals surface area contributed by atoms with Crippen molar-refractivity contribution in [3.8, 4) is 0 Å². The summed E-state index contributed by atoms with van der Waals surface area (Å²) in [4.78, 5) is 0. The average Bonchev–Trinajstić information content (AvgIpc) is 2.87. The zero-order valence-corrected chi connectivity index (χ0v) is 12.4. The molecule has 0 amide bonds. The van der Waals surface area contributed by atoms with Crippen LogP contribution < -0.4 is 5.32 Å². The highest BCUT2D eigenvalue weighted by Crippen LogP contribution is 2.39. The zero-order chi connectivity index (χ0) is 13.1. The van der Waals surface area contributed by atoms with Gasteiger partial charge in [-0.1, -0.05) is 29.8 Å². The van der Waals surface area contributed by atoms with E-state index in [4.69, 9.17) is 11.6 Å². The third-order valence-corrected chi connectivity index (χ3v) is 4.99. The largest absolute Gasteiger partial charge is 0.314 e. The molecule has 0 unspecified atom stereocenters. The van der Waals surface area contributed by atoms with Gasteiger partial charge in [-0.2, -0.15) is 11.3 Å². The van der Waals surface area contributed by atoms with E-state index in [1.165, 1.54) is 24.0 Å². The fraction of sp³-hybridized carbons (Fsp3) is 0.375. The average molecular weight is 292 g/mol. The van der Waals surface area contributed by atoms with Gasteiger partial charge in [0.25, 0.3) is 0 Å². The van der Waals surface area contributed by atoms with Crippen LogP contribution in [0.1, 0.15) is 29.9 Å². The van der Waals surface area contributed by atoms with Crippen LogP contribution in [0.2, 0.25) is 5.02 Å². The Morgan fingerprint density at radius 1 is 1.21 bits per heavy atom. The SMILES string of the molecule is Clc1ccccc1C1CC(NCCc2ccsc2)C1. The second kappa shape index (κ2) is 6.08. The van der Waals surface area contributed by atoms with Crippen molar-refractivity contribution in [2.24, 2.45) is 0 Å². The minimum Gasteiger partial charge on any atom is -0.314 e. The molecule has 0 spiro atoms. The second-order valence-electron chi connectivity index (χ2n) is 5.22. The van der Waals surface area contributed by atoms with Crippen molar-refractivity contribution in [3.05, 3.63) is 57.2 Å². The van der Waals surface area contributed by atoms with E-state index in [1.54, 1.807) is 11.3 Å². The molecule has 1 nitrogen and oxygen atoms in total. The van der Waals surface area contributed by atoms with Crippen LogP contribution in [0, 0.1) is 0 Å². The molecule has 1 N–H and O–H groups in total. The summed E-state index contributed by atoms with van der Waals surface area (Å²) in [5, 5.41) is 8.93. The van der Waals surface area contributed by atoms with E-state index in [2.05, 4.69) is 34.3 Å². The summed E-state index contributed by atoms with van der Waals surface area (Å²) in [6.07, 6.45) is 3.57. The standard InChI is InChI=1S/C16H18ClNS/c17-16-4-2-1-3-15(16)13-9-14(10-13)18-7-5-12-6-8-19-11-12/h1-4,6,8,11,13-14,18H,5,7,9-10H2. The number of hydrogen-bond acceptors (Lipinski definition) is 2. The van der Waals surface area contributed by atoms with Crippen molar-refractivity contribution in [1.29, 1.82) is 0 Å². The Hall–Kier alpha value is -0.830. The Bertz CT molecular complexity index is 517. The van der Waals surface area contributed by atoms with Gasteiger partial charge < -0.3 is 5.32 Å². The molecule has 1 aromatic heterocycles. The fourth-order valence-electron chi connectivity index (χ4n) is 2.70. The smallest absolute Gasteiger partial charge is 0.0440 e. The molecular formula is C16H18ClNS. The molecule has 3 rings (SSSR count). The summed E-state index contributed by atoms with van der Waals surface area (Å²) in [5.41, 5.74) is 2.76. The highest BCUT2D eigenvalue weighted by molar-refractivity contribution is 7.07. The molecule has 1 saturated carbocycles. The van der Waals surface area contributed by atoms with Crippen LogP contribution in [-0.2, 0) is 6.42 Å². The van der Waals surface area contributed by atoms with Gasteiger partial charge >= 0.3 is 0 Å². The van der Waals surface area contributed by atoms with Crippen LogP contribution in [0.5, 0.6) is 0 Å². The van der Waals surface area contributed by atoms with Crippen LogP contribution in [0.15, 0.2) is 41.1 Å². The zero-order valence-electron chi connectivity index (χ0n) is 10.8. The molecule has 100 valence electrons. The predicted molar refractivity (Wildman–Crippen MR) is 83.2 cm³/mol. The first-order valence-electron chi connectivity index (χ1n) is 6.82. The van der Waals surface area contributed by atoms with Crippen molar-refractivity contribution in [2.75, 3.05) is 6.54 Å². The molecule has 1 heterocycles. The van der Waals surface area contributed by atoms with E-state index in [1.807, 2.05) is 12.1 Å². The Morgan fingerprint density at radius 3 is 2.79 bits per heavy atom. The lowest BCUT2D eigenvalue weighted by Gasteiger charge is -2.36. The van der Waals surface area contributed by atoms with Crippen LogP contribution in [0.3, 0.4) is 0 Å². The maximum absolute atomic E-state index is 6.23. The molecule has 3 heteroatoms. The fourth-order valence-corrected chi connectivity index (χ4v) is 3.69. The first-order valence-corrected chi connectivity index (χ1v) is 8.14. The lowest BCUT2D eigenvalue weighted by atomic mass is 9.76. The topological polar surface area (TPSA) is 12.0 Å².